The van der Waals surface area contributed by atoms with Gasteiger partial charge in [-0.1, -0.05) is 54.1 Å². The van der Waals surface area contributed by atoms with Crippen molar-refractivity contribution in [3.8, 4) is 0 Å². The summed E-state index contributed by atoms with van der Waals surface area (Å²) >= 11 is 6.42. The molecule has 3 nitrogen and oxygen atoms in total. The van der Waals surface area contributed by atoms with Crippen molar-refractivity contribution in [1.29, 1.82) is 0 Å². The summed E-state index contributed by atoms with van der Waals surface area (Å²) < 4.78 is 0. The van der Waals surface area contributed by atoms with Crippen molar-refractivity contribution in [2.45, 2.75) is 44.2 Å². The minimum Gasteiger partial charge on any atom is -0.315 e. The highest BCUT2D eigenvalue weighted by molar-refractivity contribution is 6.32. The maximum Gasteiger partial charge on any atom is 0.325 e. The van der Waals surface area contributed by atoms with Crippen LogP contribution in [0.4, 0.5) is 10.5 Å². The second kappa shape index (κ2) is 6.72. The van der Waals surface area contributed by atoms with Crippen LogP contribution in [0.3, 0.4) is 0 Å². The zero-order valence-electron chi connectivity index (χ0n) is 15.3. The van der Waals surface area contributed by atoms with E-state index in [4.69, 9.17) is 11.6 Å². The molecule has 4 heteroatoms. The lowest BCUT2D eigenvalue weighted by Crippen LogP contribution is -2.51. The molecule has 2 atom stereocenters. The van der Waals surface area contributed by atoms with E-state index in [-0.39, 0.29) is 18.1 Å². The quantitative estimate of drug-likeness (QED) is 0.639. The molecule has 0 N–H and O–H groups in total. The van der Waals surface area contributed by atoms with E-state index in [0.29, 0.717) is 0 Å². The monoisotopic (exact) mass is 378 g/mol. The molecule has 138 valence electrons. The van der Waals surface area contributed by atoms with Gasteiger partial charge in [-0.2, -0.15) is 0 Å². The number of para-hydroxylation sites is 1. The van der Waals surface area contributed by atoms with Gasteiger partial charge in [-0.05, 0) is 60.9 Å². The molecule has 0 spiro atoms. The van der Waals surface area contributed by atoms with Gasteiger partial charge in [0.05, 0.1) is 6.04 Å². The summed E-state index contributed by atoms with van der Waals surface area (Å²) in [5.74, 6) is 0. The highest BCUT2D eigenvalue weighted by Gasteiger charge is 2.42. The van der Waals surface area contributed by atoms with Gasteiger partial charge in [-0.15, -0.1) is 0 Å². The van der Waals surface area contributed by atoms with Crippen LogP contribution in [-0.4, -0.2) is 29.6 Å². The Kier molecular flexibility index (Phi) is 4.20. The first-order valence-corrected chi connectivity index (χ1v) is 10.2. The molecular weight excluding hydrogens is 356 g/mol. The third-order valence-corrected chi connectivity index (χ3v) is 6.51. The predicted octanol–water partition coefficient (Wildman–Crippen LogP) is 5.53. The number of urea groups is 1. The highest BCUT2D eigenvalue weighted by Crippen LogP contribution is 2.41. The van der Waals surface area contributed by atoms with Gasteiger partial charge in [0.2, 0.25) is 0 Å². The van der Waals surface area contributed by atoms with E-state index in [1.807, 2.05) is 29.2 Å². The number of aryl methyl sites for hydroxylation is 1. The highest BCUT2D eigenvalue weighted by atomic mass is 35.5. The molecule has 5 rings (SSSR count). The molecule has 3 aliphatic rings. The SMILES string of the molecule is O=C(N1CCCc2ccccc21)N1C2C=C(c3ccccc3Cl)CC1CC2. The summed E-state index contributed by atoms with van der Waals surface area (Å²) in [5, 5.41) is 0.799. The van der Waals surface area contributed by atoms with Crippen molar-refractivity contribution >= 4 is 28.9 Å². The van der Waals surface area contributed by atoms with Gasteiger partial charge in [0, 0.05) is 23.3 Å². The van der Waals surface area contributed by atoms with Crippen molar-refractivity contribution in [1.82, 2.24) is 4.90 Å². The van der Waals surface area contributed by atoms with Crippen LogP contribution in [-0.2, 0) is 6.42 Å². The zero-order chi connectivity index (χ0) is 18.4. The molecule has 0 radical (unpaired) electrons. The van der Waals surface area contributed by atoms with Crippen molar-refractivity contribution in [3.05, 3.63) is 70.8 Å². The second-order valence-corrected chi connectivity index (χ2v) is 8.16. The van der Waals surface area contributed by atoms with Crippen LogP contribution in [0, 0.1) is 0 Å². The summed E-state index contributed by atoms with van der Waals surface area (Å²) in [4.78, 5) is 17.6. The van der Waals surface area contributed by atoms with Crippen LogP contribution >= 0.6 is 11.6 Å². The lowest BCUT2D eigenvalue weighted by Gasteiger charge is -2.39. The Morgan fingerprint density at radius 1 is 1.04 bits per heavy atom. The fourth-order valence-corrected chi connectivity index (χ4v) is 5.18. The molecule has 2 aromatic carbocycles. The fraction of sp³-hybridized carbons (Fsp3) is 0.348. The zero-order valence-corrected chi connectivity index (χ0v) is 16.0. The predicted molar refractivity (Wildman–Crippen MR) is 110 cm³/mol. The maximum atomic E-state index is 13.5. The second-order valence-electron chi connectivity index (χ2n) is 7.75. The summed E-state index contributed by atoms with van der Waals surface area (Å²) in [6.07, 6.45) is 7.37. The Morgan fingerprint density at radius 2 is 1.85 bits per heavy atom. The average Bonchev–Trinajstić information content (AvgIpc) is 2.97. The number of nitrogens with zero attached hydrogens (tertiary/aromatic N) is 2. The van der Waals surface area contributed by atoms with Gasteiger partial charge in [0.15, 0.2) is 0 Å². The van der Waals surface area contributed by atoms with Gasteiger partial charge >= 0.3 is 6.03 Å². The number of fused-ring (bicyclic) bond motifs is 3. The molecule has 3 heterocycles. The number of hydrogen-bond acceptors (Lipinski definition) is 1. The third-order valence-electron chi connectivity index (χ3n) is 6.18. The summed E-state index contributed by atoms with van der Waals surface area (Å²) in [5.41, 5.74) is 4.78. The minimum absolute atomic E-state index is 0.170. The van der Waals surface area contributed by atoms with E-state index in [0.717, 1.165) is 54.9 Å². The number of amides is 2. The average molecular weight is 379 g/mol. The normalized spacial score (nSPS) is 23.8. The van der Waals surface area contributed by atoms with Gasteiger partial charge in [-0.3, -0.25) is 4.90 Å². The molecule has 2 aromatic rings. The van der Waals surface area contributed by atoms with E-state index in [2.05, 4.69) is 35.2 Å². The number of benzene rings is 2. The van der Waals surface area contributed by atoms with Crippen molar-refractivity contribution < 1.29 is 4.79 Å². The molecule has 3 aliphatic heterocycles. The molecule has 1 saturated heterocycles. The molecule has 2 unspecified atom stereocenters. The van der Waals surface area contributed by atoms with Crippen LogP contribution in [0.5, 0.6) is 0 Å². The minimum atomic E-state index is 0.170. The Balaban J connectivity index is 1.45. The number of hydrogen-bond donors (Lipinski definition) is 0. The summed E-state index contributed by atoms with van der Waals surface area (Å²) in [6, 6.07) is 17.0. The first-order valence-electron chi connectivity index (χ1n) is 9.86. The molecule has 0 saturated carbocycles. The van der Waals surface area contributed by atoms with Crippen LogP contribution < -0.4 is 4.90 Å². The van der Waals surface area contributed by atoms with Gasteiger partial charge in [0.1, 0.15) is 0 Å². The van der Waals surface area contributed by atoms with Crippen LogP contribution in [0.15, 0.2) is 54.6 Å². The summed E-state index contributed by atoms with van der Waals surface area (Å²) in [7, 11) is 0. The molecule has 0 aliphatic carbocycles. The lowest BCUT2D eigenvalue weighted by atomic mass is 9.94. The van der Waals surface area contributed by atoms with Gasteiger partial charge in [0.25, 0.3) is 0 Å². The third kappa shape index (κ3) is 2.85. The van der Waals surface area contributed by atoms with E-state index in [1.165, 1.54) is 11.1 Å². The van der Waals surface area contributed by atoms with E-state index in [9.17, 15) is 4.79 Å². The van der Waals surface area contributed by atoms with Crippen LogP contribution in [0.25, 0.3) is 5.57 Å². The molecule has 2 bridgehead atoms. The van der Waals surface area contributed by atoms with Crippen molar-refractivity contribution in [3.63, 3.8) is 0 Å². The fourth-order valence-electron chi connectivity index (χ4n) is 4.92. The lowest BCUT2D eigenvalue weighted by molar-refractivity contribution is 0.186. The number of carbonyl (C=O) groups is 1. The molecule has 2 amide bonds. The van der Waals surface area contributed by atoms with Crippen molar-refractivity contribution in [2.24, 2.45) is 0 Å². The topological polar surface area (TPSA) is 23.6 Å². The number of carbonyl (C=O) groups excluding carboxylic acids is 1. The van der Waals surface area contributed by atoms with E-state index in [1.54, 1.807) is 0 Å². The number of anilines is 1. The number of rotatable bonds is 1. The van der Waals surface area contributed by atoms with E-state index >= 15 is 0 Å². The molecule has 27 heavy (non-hydrogen) atoms. The van der Waals surface area contributed by atoms with Crippen molar-refractivity contribution in [2.75, 3.05) is 11.4 Å². The first kappa shape index (κ1) is 16.9. The smallest absolute Gasteiger partial charge is 0.315 e. The Morgan fingerprint density at radius 3 is 2.70 bits per heavy atom. The largest absolute Gasteiger partial charge is 0.325 e. The Labute approximate surface area is 165 Å². The molecular formula is C23H23ClN2O. The number of halogens is 1. The van der Waals surface area contributed by atoms with Crippen LogP contribution in [0.1, 0.15) is 36.8 Å². The maximum absolute atomic E-state index is 13.5. The Hall–Kier alpha value is -2.26. The molecule has 1 fully saturated rings. The van der Waals surface area contributed by atoms with Gasteiger partial charge < -0.3 is 4.90 Å². The molecule has 0 aromatic heterocycles. The van der Waals surface area contributed by atoms with E-state index < -0.39 is 0 Å². The summed E-state index contributed by atoms with van der Waals surface area (Å²) in [6.45, 7) is 0.812. The Bertz CT molecular complexity index is 922. The van der Waals surface area contributed by atoms with Gasteiger partial charge in [-0.25, -0.2) is 4.79 Å². The standard InChI is InChI=1S/C23H23ClN2O/c24-21-9-3-2-8-20(21)17-14-18-11-12-19(15-17)26(18)23(27)25-13-5-7-16-6-1-4-10-22(16)25/h1-4,6,8-10,14,18-19H,5,7,11-13,15H2. The van der Waals surface area contributed by atoms with Crippen LogP contribution in [0.2, 0.25) is 5.02 Å². The first-order chi connectivity index (χ1) is 13.2.